The van der Waals surface area contributed by atoms with Gasteiger partial charge in [0.1, 0.15) is 23.7 Å². The van der Waals surface area contributed by atoms with Crippen LogP contribution in [0.4, 0.5) is 21.6 Å². The first-order chi connectivity index (χ1) is 20.9. The summed E-state index contributed by atoms with van der Waals surface area (Å²) < 4.78 is 20.1. The van der Waals surface area contributed by atoms with Crippen molar-refractivity contribution in [1.29, 1.82) is 0 Å². The molecule has 4 fully saturated rings. The van der Waals surface area contributed by atoms with Crippen LogP contribution in [0.5, 0.6) is 5.75 Å². The minimum atomic E-state index is -0.489. The number of halogens is 2. The smallest absolute Gasteiger partial charge is 0.248 e. The molecule has 1 saturated heterocycles. The fourth-order valence-electron chi connectivity index (χ4n) is 7.82. The van der Waals surface area contributed by atoms with Crippen LogP contribution in [-0.4, -0.2) is 47.0 Å². The molecule has 3 aliphatic carbocycles. The van der Waals surface area contributed by atoms with Crippen molar-refractivity contribution in [3.63, 3.8) is 0 Å². The van der Waals surface area contributed by atoms with Gasteiger partial charge in [-0.2, -0.15) is 0 Å². The molecule has 226 valence electrons. The van der Waals surface area contributed by atoms with E-state index in [0.29, 0.717) is 57.2 Å². The van der Waals surface area contributed by atoms with E-state index in [2.05, 4.69) is 25.5 Å². The highest BCUT2D eigenvalue weighted by Gasteiger charge is 2.46. The molecule has 1 aliphatic heterocycles. The maximum atomic E-state index is 13.7. The van der Waals surface area contributed by atoms with Crippen LogP contribution in [0.1, 0.15) is 64.2 Å². The summed E-state index contributed by atoms with van der Waals surface area (Å²) in [5.41, 5.74) is 2.94. The van der Waals surface area contributed by atoms with Crippen LogP contribution in [0.2, 0.25) is 5.02 Å². The van der Waals surface area contributed by atoms with Gasteiger partial charge in [-0.25, -0.2) is 14.4 Å². The molecule has 0 atom stereocenters. The van der Waals surface area contributed by atoms with Gasteiger partial charge in [-0.15, -0.1) is 0 Å². The molecule has 1 amide bonds. The molecule has 9 heteroatoms. The Morgan fingerprint density at radius 2 is 1.84 bits per heavy atom. The number of ether oxygens (including phenoxy) is 1. The first kappa shape index (κ1) is 28.5. The zero-order valence-electron chi connectivity index (χ0n) is 24.5. The van der Waals surface area contributed by atoms with Gasteiger partial charge in [0.15, 0.2) is 0 Å². The normalized spacial score (nSPS) is 21.0. The van der Waals surface area contributed by atoms with Gasteiger partial charge in [0.2, 0.25) is 5.91 Å². The van der Waals surface area contributed by atoms with E-state index in [1.807, 2.05) is 18.2 Å². The molecule has 2 heterocycles. The summed E-state index contributed by atoms with van der Waals surface area (Å²) in [6, 6.07) is 8.14. The number of likely N-dealkylation sites (tertiary alicyclic amines) is 1. The van der Waals surface area contributed by atoms with Gasteiger partial charge in [0.05, 0.1) is 22.8 Å². The van der Waals surface area contributed by atoms with Crippen molar-refractivity contribution in [1.82, 2.24) is 14.9 Å². The van der Waals surface area contributed by atoms with E-state index in [1.54, 1.807) is 12.1 Å². The summed E-state index contributed by atoms with van der Waals surface area (Å²) >= 11 is 6.00. The minimum absolute atomic E-state index is 0.0193. The highest BCUT2D eigenvalue weighted by Crippen LogP contribution is 2.55. The number of hydrogen-bond donors (Lipinski definition) is 2. The average molecular weight is 604 g/mol. The van der Waals surface area contributed by atoms with Gasteiger partial charge in [-0.1, -0.05) is 43.4 Å². The van der Waals surface area contributed by atoms with E-state index in [1.165, 1.54) is 82.7 Å². The fraction of sp³-hybridized carbons (Fsp3) is 0.500. The molecule has 4 aliphatic rings. The van der Waals surface area contributed by atoms with E-state index in [4.69, 9.17) is 16.3 Å². The Morgan fingerprint density at radius 1 is 1.05 bits per heavy atom. The number of rotatable bonds is 9. The topological polar surface area (TPSA) is 79.4 Å². The zero-order chi connectivity index (χ0) is 29.4. The molecule has 1 aromatic heterocycles. The predicted molar refractivity (Wildman–Crippen MR) is 168 cm³/mol. The van der Waals surface area contributed by atoms with Crippen LogP contribution in [0.15, 0.2) is 48.8 Å². The molecule has 0 radical (unpaired) electrons. The van der Waals surface area contributed by atoms with Crippen molar-refractivity contribution in [3.8, 4) is 5.75 Å². The van der Waals surface area contributed by atoms with Gasteiger partial charge < -0.3 is 15.4 Å². The Morgan fingerprint density at radius 3 is 2.58 bits per heavy atom. The van der Waals surface area contributed by atoms with Gasteiger partial charge in [0, 0.05) is 42.9 Å². The van der Waals surface area contributed by atoms with E-state index < -0.39 is 5.82 Å². The molecule has 2 N–H and O–H groups in total. The molecule has 7 rings (SSSR count). The maximum Gasteiger partial charge on any atom is 0.248 e. The number of nitrogens with zero attached hydrogens (tertiary/aromatic N) is 3. The van der Waals surface area contributed by atoms with Crippen molar-refractivity contribution in [3.05, 3.63) is 59.7 Å². The number of anilines is 3. The number of aromatic nitrogens is 2. The summed E-state index contributed by atoms with van der Waals surface area (Å²) in [5, 5.41) is 6.99. The van der Waals surface area contributed by atoms with E-state index in [9.17, 15) is 9.18 Å². The quantitative estimate of drug-likeness (QED) is 0.242. The molecule has 3 saturated carbocycles. The lowest BCUT2D eigenvalue weighted by atomic mass is 9.56. The first-order valence-electron chi connectivity index (χ1n) is 15.7. The Bertz CT molecular complexity index is 1540. The number of benzene rings is 2. The molecule has 3 aromatic rings. The molecule has 43 heavy (non-hydrogen) atoms. The molecular formula is C34H39ClFN5O2. The molecule has 0 unspecified atom stereocenters. The highest BCUT2D eigenvalue weighted by atomic mass is 35.5. The van der Waals surface area contributed by atoms with Crippen molar-refractivity contribution in [2.75, 3.05) is 36.9 Å². The van der Waals surface area contributed by atoms with Gasteiger partial charge in [0.25, 0.3) is 0 Å². The third kappa shape index (κ3) is 6.09. The van der Waals surface area contributed by atoms with Gasteiger partial charge >= 0.3 is 0 Å². The van der Waals surface area contributed by atoms with E-state index in [0.717, 1.165) is 19.6 Å². The molecular weight excluding hydrogens is 565 g/mol. The van der Waals surface area contributed by atoms with Crippen LogP contribution in [0, 0.1) is 22.6 Å². The fourth-order valence-corrected chi connectivity index (χ4v) is 8.00. The maximum absolute atomic E-state index is 13.7. The third-order valence-electron chi connectivity index (χ3n) is 10.2. The number of fused-ring (bicyclic) bond motifs is 1. The number of nitrogens with one attached hydrogen (secondary N) is 2. The van der Waals surface area contributed by atoms with Crippen LogP contribution in [0.25, 0.3) is 10.9 Å². The van der Waals surface area contributed by atoms with E-state index in [-0.39, 0.29) is 10.9 Å². The number of carbonyl (C=O) groups excluding carboxylic acids is 1. The standard InChI is InChI=1S/C34H39ClFN5O2/c35-26-14-24(7-8-27(26)36)39-32-25-15-29(40-31(42)6-4-13-41-20-34(21-41)11-5-12-34)30(16-28(25)37-22-38-32)43-19-23-17-33(18-23)9-2-1-3-10-33/h4,6-8,14-16,22-23H,1-3,5,9-13,17-21H2,(H,40,42)(H,37,38,39)/b6-4+. The van der Waals surface area contributed by atoms with Gasteiger partial charge in [-0.05, 0) is 79.5 Å². The third-order valence-corrected chi connectivity index (χ3v) is 10.5. The Hall–Kier alpha value is -3.23. The second kappa shape index (κ2) is 11.7. The largest absolute Gasteiger partial charge is 0.491 e. The van der Waals surface area contributed by atoms with Crippen LogP contribution in [0.3, 0.4) is 0 Å². The van der Waals surface area contributed by atoms with Crippen molar-refractivity contribution in [2.24, 2.45) is 16.7 Å². The van der Waals surface area contributed by atoms with Crippen LogP contribution in [-0.2, 0) is 4.79 Å². The lowest BCUT2D eigenvalue weighted by Crippen LogP contribution is -2.59. The lowest BCUT2D eigenvalue weighted by molar-refractivity contribution is -0.112. The van der Waals surface area contributed by atoms with Crippen LogP contribution >= 0.6 is 11.6 Å². The molecule has 2 aromatic carbocycles. The Balaban J connectivity index is 1.08. The Labute approximate surface area is 257 Å². The molecule has 2 spiro atoms. The SMILES string of the molecule is O=C(/C=C/CN1CC2(CCC2)C1)Nc1cc2c(Nc3ccc(F)c(Cl)c3)ncnc2cc1OCC1CC2(CCCCC2)C1. The summed E-state index contributed by atoms with van der Waals surface area (Å²) in [6.45, 7) is 3.67. The van der Waals surface area contributed by atoms with E-state index >= 15 is 0 Å². The second-order valence-corrected chi connectivity index (χ2v) is 13.8. The van der Waals surface area contributed by atoms with Crippen molar-refractivity contribution in [2.45, 2.75) is 64.2 Å². The molecule has 0 bridgehead atoms. The summed E-state index contributed by atoms with van der Waals surface area (Å²) in [4.78, 5) is 24.4. The van der Waals surface area contributed by atoms with Crippen molar-refractivity contribution < 1.29 is 13.9 Å². The lowest BCUT2D eigenvalue weighted by Gasteiger charge is -2.56. The zero-order valence-corrected chi connectivity index (χ0v) is 25.3. The van der Waals surface area contributed by atoms with Crippen molar-refractivity contribution >= 4 is 45.6 Å². The average Bonchev–Trinajstić information content (AvgIpc) is 2.94. The predicted octanol–water partition coefficient (Wildman–Crippen LogP) is 7.89. The van der Waals surface area contributed by atoms with Gasteiger partial charge in [-0.3, -0.25) is 9.69 Å². The second-order valence-electron chi connectivity index (χ2n) is 13.4. The summed E-state index contributed by atoms with van der Waals surface area (Å²) in [6.07, 6.45) is 18.3. The summed E-state index contributed by atoms with van der Waals surface area (Å²) in [7, 11) is 0. The number of carbonyl (C=O) groups is 1. The highest BCUT2D eigenvalue weighted by molar-refractivity contribution is 6.31. The number of hydrogen-bond acceptors (Lipinski definition) is 6. The molecule has 7 nitrogen and oxygen atoms in total. The van der Waals surface area contributed by atoms with Crippen LogP contribution < -0.4 is 15.4 Å². The first-order valence-corrected chi connectivity index (χ1v) is 16.1. The number of amides is 1. The minimum Gasteiger partial charge on any atom is -0.491 e. The summed E-state index contributed by atoms with van der Waals surface area (Å²) in [5.74, 6) is 0.953. The Kier molecular flexibility index (Phi) is 7.76. The monoisotopic (exact) mass is 603 g/mol.